The minimum absolute atomic E-state index is 0.0755. The summed E-state index contributed by atoms with van der Waals surface area (Å²) in [6.07, 6.45) is 0.263. The van der Waals surface area contributed by atoms with Crippen LogP contribution < -0.4 is 10.1 Å². The van der Waals surface area contributed by atoms with Crippen LogP contribution >= 0.6 is 11.6 Å². The lowest BCUT2D eigenvalue weighted by atomic mass is 10.00. The highest BCUT2D eigenvalue weighted by molar-refractivity contribution is 6.30. The number of fused-ring (bicyclic) bond motifs is 3. The lowest BCUT2D eigenvalue weighted by Crippen LogP contribution is -2.41. The van der Waals surface area contributed by atoms with Crippen molar-refractivity contribution in [1.82, 2.24) is 25.0 Å². The van der Waals surface area contributed by atoms with E-state index in [9.17, 15) is 9.59 Å². The Kier molecular flexibility index (Phi) is 7.55. The van der Waals surface area contributed by atoms with Crippen LogP contribution in [0.5, 0.6) is 5.75 Å². The molecule has 1 N–H and O–H groups in total. The summed E-state index contributed by atoms with van der Waals surface area (Å²) in [5.74, 6) is 1.88. The molecule has 2 aliphatic heterocycles. The molecule has 2 atom stereocenters. The summed E-state index contributed by atoms with van der Waals surface area (Å²) in [4.78, 5) is 32.7. The van der Waals surface area contributed by atoms with Crippen molar-refractivity contribution in [2.45, 2.75) is 58.2 Å². The molecule has 1 unspecified atom stereocenters. The molecule has 210 valence electrons. The molecule has 0 bridgehead atoms. The smallest absolute Gasteiger partial charge is 0.407 e. The van der Waals surface area contributed by atoms with E-state index in [0.29, 0.717) is 47.6 Å². The van der Waals surface area contributed by atoms with Gasteiger partial charge >= 0.3 is 6.09 Å². The number of methoxy groups -OCH3 is 1. The number of aromatic nitrogens is 3. The van der Waals surface area contributed by atoms with Gasteiger partial charge in [0.1, 0.15) is 23.2 Å². The van der Waals surface area contributed by atoms with Gasteiger partial charge in [-0.2, -0.15) is 0 Å². The molecule has 0 aliphatic carbocycles. The van der Waals surface area contributed by atoms with Gasteiger partial charge in [-0.05, 0) is 64.4 Å². The first-order valence-corrected chi connectivity index (χ1v) is 13.6. The fourth-order valence-electron chi connectivity index (χ4n) is 5.05. The van der Waals surface area contributed by atoms with E-state index >= 15 is 0 Å². The number of carbonyl (C=O) groups excluding carboxylic acids is 2. The second kappa shape index (κ2) is 10.9. The summed E-state index contributed by atoms with van der Waals surface area (Å²) in [5, 5.41) is 12.3. The SMILES string of the molecule is COc1ccc2c(c1)C(c1ccc(Cl)cc1)=N[C@@H](CC(=O)N1CCC(NC(=O)OC(C)(C)C)C1)c1nnc(C)n1-2. The number of hydrogen-bond acceptors (Lipinski definition) is 7. The summed E-state index contributed by atoms with van der Waals surface area (Å²) < 4.78 is 12.9. The Labute approximate surface area is 238 Å². The van der Waals surface area contributed by atoms with Crippen LogP contribution in [0.1, 0.15) is 62.4 Å². The van der Waals surface area contributed by atoms with E-state index in [1.54, 1.807) is 12.0 Å². The minimum Gasteiger partial charge on any atom is -0.497 e. The monoisotopic (exact) mass is 564 g/mol. The van der Waals surface area contributed by atoms with Crippen molar-refractivity contribution < 1.29 is 19.1 Å². The van der Waals surface area contributed by atoms with E-state index in [-0.39, 0.29) is 18.4 Å². The molecule has 1 fully saturated rings. The number of aryl methyl sites for hydroxylation is 1. The lowest BCUT2D eigenvalue weighted by molar-refractivity contribution is -0.130. The van der Waals surface area contributed by atoms with Crippen LogP contribution in [-0.2, 0) is 9.53 Å². The number of ether oxygens (including phenoxy) is 2. The molecule has 0 radical (unpaired) electrons. The van der Waals surface area contributed by atoms with E-state index in [0.717, 1.165) is 16.8 Å². The molecule has 1 saturated heterocycles. The van der Waals surface area contributed by atoms with Gasteiger partial charge in [0.15, 0.2) is 5.82 Å². The number of likely N-dealkylation sites (tertiary alicyclic amines) is 1. The number of nitrogens with zero attached hydrogens (tertiary/aromatic N) is 5. The van der Waals surface area contributed by atoms with Crippen LogP contribution in [0.25, 0.3) is 5.69 Å². The molecule has 40 heavy (non-hydrogen) atoms. The molecule has 2 aromatic carbocycles. The number of alkyl carbamates (subject to hydrolysis) is 1. The summed E-state index contributed by atoms with van der Waals surface area (Å²) in [7, 11) is 1.62. The van der Waals surface area contributed by atoms with Crippen LogP contribution in [-0.4, -0.2) is 69.2 Å². The number of halogens is 1. The van der Waals surface area contributed by atoms with E-state index in [1.165, 1.54) is 0 Å². The minimum atomic E-state index is -0.590. The van der Waals surface area contributed by atoms with Gasteiger partial charge in [-0.25, -0.2) is 4.79 Å². The van der Waals surface area contributed by atoms with Crippen molar-refractivity contribution in [1.29, 1.82) is 0 Å². The predicted molar refractivity (Wildman–Crippen MR) is 151 cm³/mol. The fourth-order valence-corrected chi connectivity index (χ4v) is 5.18. The van der Waals surface area contributed by atoms with Gasteiger partial charge in [0.2, 0.25) is 5.91 Å². The molecule has 11 heteroatoms. The van der Waals surface area contributed by atoms with Gasteiger partial charge in [-0.1, -0.05) is 23.7 Å². The van der Waals surface area contributed by atoms with Gasteiger partial charge in [-0.3, -0.25) is 14.4 Å². The lowest BCUT2D eigenvalue weighted by Gasteiger charge is -2.22. The summed E-state index contributed by atoms with van der Waals surface area (Å²) in [6, 6.07) is 12.5. The Bertz CT molecular complexity index is 1460. The molecule has 0 saturated carbocycles. The van der Waals surface area contributed by atoms with Crippen LogP contribution in [0.4, 0.5) is 4.79 Å². The highest BCUT2D eigenvalue weighted by atomic mass is 35.5. The van der Waals surface area contributed by atoms with E-state index < -0.39 is 17.7 Å². The largest absolute Gasteiger partial charge is 0.497 e. The van der Waals surface area contributed by atoms with Gasteiger partial charge < -0.3 is 19.7 Å². The quantitative estimate of drug-likeness (QED) is 0.483. The Morgan fingerprint density at radius 1 is 1.12 bits per heavy atom. The summed E-state index contributed by atoms with van der Waals surface area (Å²) in [5.41, 5.74) is 2.66. The van der Waals surface area contributed by atoms with Gasteiger partial charge in [0, 0.05) is 29.2 Å². The number of benzene rings is 2. The van der Waals surface area contributed by atoms with Crippen LogP contribution in [0.3, 0.4) is 0 Å². The first-order valence-electron chi connectivity index (χ1n) is 13.2. The molecular formula is C29H33ClN6O4. The number of rotatable bonds is 5. The Morgan fingerprint density at radius 3 is 2.58 bits per heavy atom. The summed E-state index contributed by atoms with van der Waals surface area (Å²) >= 11 is 6.19. The Morgan fingerprint density at radius 2 is 1.88 bits per heavy atom. The Hall–Kier alpha value is -3.92. The molecular weight excluding hydrogens is 532 g/mol. The number of aliphatic imine (C=N–C) groups is 1. The van der Waals surface area contributed by atoms with Crippen LogP contribution in [0, 0.1) is 6.92 Å². The van der Waals surface area contributed by atoms with Crippen molar-refractivity contribution in [3.8, 4) is 11.4 Å². The number of carbonyl (C=O) groups is 2. The molecule has 3 aromatic rings. The topological polar surface area (TPSA) is 111 Å². The van der Waals surface area contributed by atoms with E-state index in [2.05, 4.69) is 15.5 Å². The van der Waals surface area contributed by atoms with E-state index in [1.807, 2.05) is 74.7 Å². The van der Waals surface area contributed by atoms with Crippen LogP contribution in [0.15, 0.2) is 47.5 Å². The van der Waals surface area contributed by atoms with Crippen molar-refractivity contribution >= 4 is 29.3 Å². The maximum absolute atomic E-state index is 13.6. The highest BCUT2D eigenvalue weighted by Crippen LogP contribution is 2.35. The second-order valence-electron chi connectivity index (χ2n) is 11.0. The standard InChI is InChI=1S/C29H33ClN6O4/c1-17-33-34-27-23(15-25(37)35-13-12-20(16-35)31-28(38)40-29(2,3)4)32-26(18-6-8-19(30)9-7-18)22-14-21(39-5)10-11-24(22)36(17)27/h6-11,14,20,23H,12-13,15-16H2,1-5H3,(H,31,38)/t20?,23-/m0/s1. The van der Waals surface area contributed by atoms with Gasteiger partial charge in [-0.15, -0.1) is 10.2 Å². The average molecular weight is 565 g/mol. The maximum atomic E-state index is 13.6. The van der Waals surface area contributed by atoms with Gasteiger partial charge in [0.05, 0.1) is 31.0 Å². The van der Waals surface area contributed by atoms with Crippen molar-refractivity contribution in [3.63, 3.8) is 0 Å². The van der Waals surface area contributed by atoms with Gasteiger partial charge in [0.25, 0.3) is 0 Å². The zero-order chi connectivity index (χ0) is 28.6. The zero-order valence-corrected chi connectivity index (χ0v) is 24.0. The predicted octanol–water partition coefficient (Wildman–Crippen LogP) is 4.65. The van der Waals surface area contributed by atoms with Crippen molar-refractivity contribution in [3.05, 3.63) is 70.3 Å². The molecule has 5 rings (SSSR count). The fraction of sp³-hybridized carbons (Fsp3) is 0.414. The number of amides is 2. The molecule has 3 heterocycles. The Balaban J connectivity index is 1.45. The molecule has 2 aliphatic rings. The molecule has 0 spiro atoms. The number of nitrogens with one attached hydrogen (secondary N) is 1. The molecule has 2 amide bonds. The molecule has 10 nitrogen and oxygen atoms in total. The average Bonchev–Trinajstić information content (AvgIpc) is 3.49. The van der Waals surface area contributed by atoms with Crippen molar-refractivity contribution in [2.24, 2.45) is 4.99 Å². The van der Waals surface area contributed by atoms with E-state index in [4.69, 9.17) is 26.1 Å². The number of hydrogen-bond donors (Lipinski definition) is 1. The third kappa shape index (κ3) is 5.82. The summed E-state index contributed by atoms with van der Waals surface area (Å²) in [6.45, 7) is 8.26. The first kappa shape index (κ1) is 27.6. The third-order valence-electron chi connectivity index (χ3n) is 6.88. The van der Waals surface area contributed by atoms with Crippen molar-refractivity contribution in [2.75, 3.05) is 20.2 Å². The highest BCUT2D eigenvalue weighted by Gasteiger charge is 2.34. The third-order valence-corrected chi connectivity index (χ3v) is 7.13. The van der Waals surface area contributed by atoms with Crippen LogP contribution in [0.2, 0.25) is 5.02 Å². The first-order chi connectivity index (χ1) is 19.0. The maximum Gasteiger partial charge on any atom is 0.407 e. The molecule has 1 aromatic heterocycles. The normalized spacial score (nSPS) is 18.4. The zero-order valence-electron chi connectivity index (χ0n) is 23.3. The second-order valence-corrected chi connectivity index (χ2v) is 11.4.